The fraction of sp³-hybridized carbons (Fsp3) is 0.667. The van der Waals surface area contributed by atoms with Gasteiger partial charge in [0, 0.05) is 32.7 Å². The van der Waals surface area contributed by atoms with Gasteiger partial charge >= 0.3 is 0 Å². The van der Waals surface area contributed by atoms with Crippen LogP contribution in [0.5, 0.6) is 0 Å². The number of carbonyl (C=O) groups is 1. The molecule has 0 unspecified atom stereocenters. The van der Waals surface area contributed by atoms with Crippen LogP contribution in [0.4, 0.5) is 11.6 Å². The Hall–Kier alpha value is -1.85. The average Bonchev–Trinajstić information content (AvgIpc) is 3.02. The number of aromatic nitrogens is 2. The van der Waals surface area contributed by atoms with E-state index in [1.807, 2.05) is 23.9 Å². The lowest BCUT2D eigenvalue weighted by atomic mass is 10.1. The standard InChI is InChI=1S/C15H25N5O/c1-4-7-12-14(16-2)17-11-18-15(12)19(3)10-13(21)20-8-5-6-9-20/h11H,4-10H2,1-3H3,(H,16,17,18). The van der Waals surface area contributed by atoms with E-state index in [1.54, 1.807) is 6.33 Å². The minimum absolute atomic E-state index is 0.182. The Morgan fingerprint density at radius 2 is 2.10 bits per heavy atom. The largest absolute Gasteiger partial charge is 0.373 e. The summed E-state index contributed by atoms with van der Waals surface area (Å²) in [6, 6.07) is 0. The van der Waals surface area contributed by atoms with Gasteiger partial charge in [0.1, 0.15) is 18.0 Å². The number of nitrogens with one attached hydrogen (secondary N) is 1. The first-order valence-corrected chi connectivity index (χ1v) is 7.68. The van der Waals surface area contributed by atoms with Gasteiger partial charge in [-0.25, -0.2) is 9.97 Å². The van der Waals surface area contributed by atoms with Gasteiger partial charge in [-0.2, -0.15) is 0 Å². The smallest absolute Gasteiger partial charge is 0.242 e. The Bertz CT molecular complexity index is 485. The zero-order chi connectivity index (χ0) is 15.2. The zero-order valence-electron chi connectivity index (χ0n) is 13.2. The maximum Gasteiger partial charge on any atom is 0.242 e. The van der Waals surface area contributed by atoms with Crippen molar-refractivity contribution in [2.45, 2.75) is 32.6 Å². The summed E-state index contributed by atoms with van der Waals surface area (Å²) in [5.74, 6) is 1.88. The molecule has 1 aliphatic rings. The van der Waals surface area contributed by atoms with Gasteiger partial charge in [0.05, 0.1) is 6.54 Å². The maximum atomic E-state index is 12.3. The molecule has 2 heterocycles. The molecule has 1 aliphatic heterocycles. The fourth-order valence-electron chi connectivity index (χ4n) is 2.77. The molecule has 1 N–H and O–H groups in total. The molecule has 0 aromatic carbocycles. The van der Waals surface area contributed by atoms with Crippen molar-refractivity contribution >= 4 is 17.5 Å². The molecule has 0 spiro atoms. The summed E-state index contributed by atoms with van der Waals surface area (Å²) in [6.45, 7) is 4.28. The number of rotatable bonds is 6. The molecule has 1 aromatic heterocycles. The Morgan fingerprint density at radius 1 is 1.38 bits per heavy atom. The molecular weight excluding hydrogens is 266 g/mol. The van der Waals surface area contributed by atoms with Gasteiger partial charge in [0.2, 0.25) is 5.91 Å². The van der Waals surface area contributed by atoms with Gasteiger partial charge in [-0.05, 0) is 19.3 Å². The number of anilines is 2. The SMILES string of the molecule is CCCc1c(NC)ncnc1N(C)CC(=O)N1CCCC1. The highest BCUT2D eigenvalue weighted by atomic mass is 16.2. The van der Waals surface area contributed by atoms with Crippen LogP contribution in [0.1, 0.15) is 31.7 Å². The molecule has 0 radical (unpaired) electrons. The molecule has 1 saturated heterocycles. The van der Waals surface area contributed by atoms with Crippen molar-refractivity contribution in [2.75, 3.05) is 43.9 Å². The highest BCUT2D eigenvalue weighted by Gasteiger charge is 2.21. The molecule has 0 bridgehead atoms. The third kappa shape index (κ3) is 3.62. The van der Waals surface area contributed by atoms with Crippen LogP contribution in [-0.2, 0) is 11.2 Å². The molecule has 6 nitrogen and oxygen atoms in total. The molecule has 1 amide bonds. The van der Waals surface area contributed by atoms with E-state index in [0.29, 0.717) is 6.54 Å². The van der Waals surface area contributed by atoms with Gasteiger partial charge < -0.3 is 15.1 Å². The van der Waals surface area contributed by atoms with Crippen molar-refractivity contribution in [2.24, 2.45) is 0 Å². The summed E-state index contributed by atoms with van der Waals surface area (Å²) in [5, 5.41) is 3.11. The third-order valence-corrected chi connectivity index (χ3v) is 3.85. The lowest BCUT2D eigenvalue weighted by Gasteiger charge is -2.24. The molecule has 2 rings (SSSR count). The average molecular weight is 291 g/mol. The van der Waals surface area contributed by atoms with E-state index in [2.05, 4.69) is 22.2 Å². The van der Waals surface area contributed by atoms with Crippen LogP contribution < -0.4 is 10.2 Å². The summed E-state index contributed by atoms with van der Waals surface area (Å²) < 4.78 is 0. The summed E-state index contributed by atoms with van der Waals surface area (Å²) in [5.41, 5.74) is 1.08. The molecule has 0 atom stereocenters. The number of likely N-dealkylation sites (tertiary alicyclic amines) is 1. The molecule has 1 fully saturated rings. The number of likely N-dealkylation sites (N-methyl/N-ethyl adjacent to an activating group) is 1. The number of nitrogens with zero attached hydrogens (tertiary/aromatic N) is 4. The second-order valence-electron chi connectivity index (χ2n) is 5.47. The van der Waals surface area contributed by atoms with E-state index in [4.69, 9.17) is 0 Å². The van der Waals surface area contributed by atoms with E-state index in [1.165, 1.54) is 0 Å². The highest BCUT2D eigenvalue weighted by molar-refractivity contribution is 5.81. The zero-order valence-corrected chi connectivity index (χ0v) is 13.2. The first kappa shape index (κ1) is 15.5. The van der Waals surface area contributed by atoms with Crippen molar-refractivity contribution in [1.82, 2.24) is 14.9 Å². The fourth-order valence-corrected chi connectivity index (χ4v) is 2.77. The van der Waals surface area contributed by atoms with E-state index < -0.39 is 0 Å². The van der Waals surface area contributed by atoms with Crippen LogP contribution in [0.3, 0.4) is 0 Å². The molecule has 116 valence electrons. The van der Waals surface area contributed by atoms with Crippen LogP contribution in [0.15, 0.2) is 6.33 Å². The molecule has 0 saturated carbocycles. The highest BCUT2D eigenvalue weighted by Crippen LogP contribution is 2.24. The first-order valence-electron chi connectivity index (χ1n) is 7.68. The monoisotopic (exact) mass is 291 g/mol. The third-order valence-electron chi connectivity index (χ3n) is 3.85. The maximum absolute atomic E-state index is 12.3. The Labute approximate surface area is 126 Å². The number of amides is 1. The van der Waals surface area contributed by atoms with Crippen molar-refractivity contribution in [1.29, 1.82) is 0 Å². The second kappa shape index (κ2) is 7.24. The van der Waals surface area contributed by atoms with Gasteiger partial charge in [-0.15, -0.1) is 0 Å². The summed E-state index contributed by atoms with van der Waals surface area (Å²) in [7, 11) is 3.79. The Balaban J connectivity index is 2.13. The first-order chi connectivity index (χ1) is 10.2. The normalized spacial score (nSPS) is 14.3. The lowest BCUT2D eigenvalue weighted by Crippen LogP contribution is -2.38. The summed E-state index contributed by atoms with van der Waals surface area (Å²) >= 11 is 0. The topological polar surface area (TPSA) is 61.4 Å². The molecule has 6 heteroatoms. The Morgan fingerprint density at radius 3 is 2.71 bits per heavy atom. The molecular formula is C15H25N5O. The quantitative estimate of drug-likeness (QED) is 0.861. The Kier molecular flexibility index (Phi) is 5.36. The van der Waals surface area contributed by atoms with E-state index in [0.717, 1.165) is 56.0 Å². The predicted molar refractivity (Wildman–Crippen MR) is 84.7 cm³/mol. The summed E-state index contributed by atoms with van der Waals surface area (Å²) in [4.78, 5) is 24.8. The van der Waals surface area contributed by atoms with Crippen LogP contribution in [0, 0.1) is 0 Å². The van der Waals surface area contributed by atoms with E-state index in [9.17, 15) is 4.79 Å². The van der Waals surface area contributed by atoms with Gasteiger partial charge in [0.15, 0.2) is 0 Å². The number of carbonyl (C=O) groups excluding carboxylic acids is 1. The van der Waals surface area contributed by atoms with Crippen molar-refractivity contribution < 1.29 is 4.79 Å². The van der Waals surface area contributed by atoms with Gasteiger partial charge in [-0.1, -0.05) is 13.3 Å². The molecule has 21 heavy (non-hydrogen) atoms. The number of hydrogen-bond donors (Lipinski definition) is 1. The van der Waals surface area contributed by atoms with Crippen molar-refractivity contribution in [3.05, 3.63) is 11.9 Å². The van der Waals surface area contributed by atoms with E-state index in [-0.39, 0.29) is 5.91 Å². The van der Waals surface area contributed by atoms with Gasteiger partial charge in [-0.3, -0.25) is 4.79 Å². The number of hydrogen-bond acceptors (Lipinski definition) is 5. The van der Waals surface area contributed by atoms with Crippen LogP contribution in [0.2, 0.25) is 0 Å². The summed E-state index contributed by atoms with van der Waals surface area (Å²) in [6.07, 6.45) is 5.70. The predicted octanol–water partition coefficient (Wildman–Crippen LogP) is 1.53. The van der Waals surface area contributed by atoms with Gasteiger partial charge in [0.25, 0.3) is 0 Å². The van der Waals surface area contributed by atoms with E-state index >= 15 is 0 Å². The van der Waals surface area contributed by atoms with Crippen molar-refractivity contribution in [3.8, 4) is 0 Å². The minimum atomic E-state index is 0.182. The van der Waals surface area contributed by atoms with Crippen molar-refractivity contribution in [3.63, 3.8) is 0 Å². The molecule has 1 aromatic rings. The lowest BCUT2D eigenvalue weighted by molar-refractivity contribution is -0.128. The second-order valence-corrected chi connectivity index (χ2v) is 5.47. The minimum Gasteiger partial charge on any atom is -0.373 e. The molecule has 0 aliphatic carbocycles. The van der Waals surface area contributed by atoms with Crippen LogP contribution >= 0.6 is 0 Å². The van der Waals surface area contributed by atoms with Crippen LogP contribution in [-0.4, -0.2) is 54.5 Å². The van der Waals surface area contributed by atoms with Crippen LogP contribution in [0.25, 0.3) is 0 Å².